The SMILES string of the molecule is Cc1ccc(C(=O)NC(N2CCCCC2)C(Cl)(Cl)Cl)cc1. The van der Waals surface area contributed by atoms with Gasteiger partial charge >= 0.3 is 0 Å². The second-order valence-corrected chi connectivity index (χ2v) is 7.75. The number of carbonyl (C=O) groups is 1. The lowest BCUT2D eigenvalue weighted by molar-refractivity contribution is 0.0819. The molecule has 21 heavy (non-hydrogen) atoms. The molecule has 3 nitrogen and oxygen atoms in total. The zero-order valence-electron chi connectivity index (χ0n) is 11.9. The number of amides is 1. The summed E-state index contributed by atoms with van der Waals surface area (Å²) in [6, 6.07) is 7.33. The average Bonchev–Trinajstić information content (AvgIpc) is 2.45. The molecular formula is C15H19Cl3N2O. The molecule has 1 N–H and O–H groups in total. The number of alkyl halides is 3. The standard InChI is InChI=1S/C15H19Cl3N2O/c1-11-5-7-12(8-6-11)13(21)19-14(15(16,17)18)20-9-3-2-4-10-20/h5-8,14H,2-4,9-10H2,1H3,(H,19,21). The summed E-state index contributed by atoms with van der Waals surface area (Å²) in [5.74, 6) is -0.225. The van der Waals surface area contributed by atoms with Crippen LogP contribution in [0, 0.1) is 6.92 Å². The van der Waals surface area contributed by atoms with E-state index in [1.54, 1.807) is 12.1 Å². The fraction of sp³-hybridized carbons (Fsp3) is 0.533. The molecule has 1 aromatic rings. The van der Waals surface area contributed by atoms with Crippen molar-refractivity contribution >= 4 is 40.7 Å². The summed E-state index contributed by atoms with van der Waals surface area (Å²) in [7, 11) is 0. The lowest BCUT2D eigenvalue weighted by Gasteiger charge is -2.38. The van der Waals surface area contributed by atoms with E-state index in [-0.39, 0.29) is 5.91 Å². The number of nitrogens with one attached hydrogen (secondary N) is 1. The quantitative estimate of drug-likeness (QED) is 0.839. The number of likely N-dealkylation sites (tertiary alicyclic amines) is 1. The first-order valence-corrected chi connectivity index (χ1v) is 8.19. The van der Waals surface area contributed by atoms with Gasteiger partial charge in [0.05, 0.1) is 0 Å². The third-order valence-corrected chi connectivity index (χ3v) is 4.27. The molecule has 1 heterocycles. The smallest absolute Gasteiger partial charge is 0.252 e. The lowest BCUT2D eigenvalue weighted by Crippen LogP contribution is -2.56. The Bertz CT molecular complexity index is 479. The first-order valence-electron chi connectivity index (χ1n) is 7.06. The van der Waals surface area contributed by atoms with Crippen molar-refractivity contribution in [2.24, 2.45) is 0 Å². The molecule has 0 spiro atoms. The second kappa shape index (κ2) is 7.19. The lowest BCUT2D eigenvalue weighted by atomic mass is 10.1. The van der Waals surface area contributed by atoms with Crippen molar-refractivity contribution in [1.82, 2.24) is 10.2 Å². The zero-order valence-corrected chi connectivity index (χ0v) is 14.2. The molecule has 0 aromatic heterocycles. The van der Waals surface area contributed by atoms with E-state index in [1.807, 2.05) is 24.0 Å². The van der Waals surface area contributed by atoms with E-state index in [2.05, 4.69) is 5.32 Å². The minimum Gasteiger partial charge on any atom is -0.332 e. The molecule has 1 saturated heterocycles. The van der Waals surface area contributed by atoms with E-state index < -0.39 is 9.96 Å². The monoisotopic (exact) mass is 348 g/mol. The van der Waals surface area contributed by atoms with Crippen LogP contribution in [0.5, 0.6) is 0 Å². The minimum atomic E-state index is -1.56. The molecule has 1 aliphatic rings. The number of hydrogen-bond donors (Lipinski definition) is 1. The summed E-state index contributed by atoms with van der Waals surface area (Å²) in [5.41, 5.74) is 1.66. The number of aryl methyl sites for hydroxylation is 1. The van der Waals surface area contributed by atoms with Crippen LogP contribution in [0.25, 0.3) is 0 Å². The molecule has 0 radical (unpaired) electrons. The van der Waals surface area contributed by atoms with Crippen molar-refractivity contribution in [3.8, 4) is 0 Å². The van der Waals surface area contributed by atoms with Crippen molar-refractivity contribution in [3.05, 3.63) is 35.4 Å². The predicted octanol–water partition coefficient (Wildman–Crippen LogP) is 3.91. The topological polar surface area (TPSA) is 32.3 Å². The first-order chi connectivity index (χ1) is 9.88. The van der Waals surface area contributed by atoms with Crippen LogP contribution in [-0.2, 0) is 0 Å². The molecule has 1 aliphatic heterocycles. The van der Waals surface area contributed by atoms with Crippen LogP contribution in [0.4, 0.5) is 0 Å². The van der Waals surface area contributed by atoms with Gasteiger partial charge in [0.15, 0.2) is 0 Å². The highest BCUT2D eigenvalue weighted by molar-refractivity contribution is 6.68. The van der Waals surface area contributed by atoms with E-state index in [0.29, 0.717) is 5.56 Å². The van der Waals surface area contributed by atoms with Gasteiger partial charge in [0.1, 0.15) is 6.17 Å². The third-order valence-electron chi connectivity index (χ3n) is 3.65. The van der Waals surface area contributed by atoms with Gasteiger partial charge in [-0.1, -0.05) is 58.9 Å². The Morgan fingerprint density at radius 3 is 2.24 bits per heavy atom. The number of hydrogen-bond acceptors (Lipinski definition) is 2. The maximum Gasteiger partial charge on any atom is 0.252 e. The van der Waals surface area contributed by atoms with Crippen molar-refractivity contribution in [2.75, 3.05) is 13.1 Å². The molecule has 116 valence electrons. The molecular weight excluding hydrogens is 331 g/mol. The largest absolute Gasteiger partial charge is 0.332 e. The number of benzene rings is 1. The van der Waals surface area contributed by atoms with E-state index in [1.165, 1.54) is 6.42 Å². The normalized spacial score (nSPS) is 18.3. The van der Waals surface area contributed by atoms with Crippen molar-refractivity contribution in [2.45, 2.75) is 36.1 Å². The molecule has 1 amide bonds. The van der Waals surface area contributed by atoms with Crippen molar-refractivity contribution in [1.29, 1.82) is 0 Å². The predicted molar refractivity (Wildman–Crippen MR) is 88.1 cm³/mol. The van der Waals surface area contributed by atoms with Crippen LogP contribution >= 0.6 is 34.8 Å². The first kappa shape index (κ1) is 16.9. The van der Waals surface area contributed by atoms with Gasteiger partial charge in [-0.25, -0.2) is 0 Å². The number of piperidine rings is 1. The van der Waals surface area contributed by atoms with E-state index >= 15 is 0 Å². The molecule has 0 aliphatic carbocycles. The van der Waals surface area contributed by atoms with Gasteiger partial charge in [-0.3, -0.25) is 9.69 Å². The van der Waals surface area contributed by atoms with Crippen LogP contribution in [0.1, 0.15) is 35.2 Å². The summed E-state index contributed by atoms with van der Waals surface area (Å²) in [5, 5.41) is 2.85. The fourth-order valence-corrected chi connectivity index (χ4v) is 3.05. The van der Waals surface area contributed by atoms with Crippen LogP contribution in [0.3, 0.4) is 0 Å². The summed E-state index contributed by atoms with van der Waals surface area (Å²) in [6.07, 6.45) is 2.67. The zero-order chi connectivity index (χ0) is 15.5. The Morgan fingerprint density at radius 2 is 1.71 bits per heavy atom. The maximum atomic E-state index is 12.3. The minimum absolute atomic E-state index is 0.225. The van der Waals surface area contributed by atoms with Crippen LogP contribution in [-0.4, -0.2) is 33.9 Å². The third kappa shape index (κ3) is 4.75. The van der Waals surface area contributed by atoms with Crippen LogP contribution in [0.2, 0.25) is 0 Å². The summed E-state index contributed by atoms with van der Waals surface area (Å²) in [4.78, 5) is 14.4. The number of nitrogens with zero attached hydrogens (tertiary/aromatic N) is 1. The molecule has 2 rings (SSSR count). The van der Waals surface area contributed by atoms with Gasteiger partial charge in [0, 0.05) is 18.7 Å². The van der Waals surface area contributed by atoms with Gasteiger partial charge in [-0.15, -0.1) is 0 Å². The van der Waals surface area contributed by atoms with E-state index in [0.717, 1.165) is 31.5 Å². The fourth-order valence-electron chi connectivity index (χ4n) is 2.47. The van der Waals surface area contributed by atoms with Gasteiger partial charge in [0.2, 0.25) is 3.79 Å². The number of halogens is 3. The molecule has 6 heteroatoms. The van der Waals surface area contributed by atoms with Crippen LogP contribution in [0.15, 0.2) is 24.3 Å². The Morgan fingerprint density at radius 1 is 1.14 bits per heavy atom. The van der Waals surface area contributed by atoms with Crippen molar-refractivity contribution < 1.29 is 4.79 Å². The molecule has 0 bridgehead atoms. The number of carbonyl (C=O) groups excluding carboxylic acids is 1. The summed E-state index contributed by atoms with van der Waals surface area (Å²) < 4.78 is -1.56. The Hall–Kier alpha value is -0.480. The molecule has 0 saturated carbocycles. The van der Waals surface area contributed by atoms with Gasteiger partial charge in [-0.2, -0.15) is 0 Å². The molecule has 1 unspecified atom stereocenters. The van der Waals surface area contributed by atoms with Gasteiger partial charge in [0.25, 0.3) is 5.91 Å². The molecule has 1 aromatic carbocycles. The van der Waals surface area contributed by atoms with Gasteiger partial charge in [-0.05, 0) is 31.9 Å². The highest BCUT2D eigenvalue weighted by Gasteiger charge is 2.38. The highest BCUT2D eigenvalue weighted by atomic mass is 35.6. The Labute approximate surface area is 140 Å². The van der Waals surface area contributed by atoms with Gasteiger partial charge < -0.3 is 5.32 Å². The second-order valence-electron chi connectivity index (χ2n) is 5.38. The summed E-state index contributed by atoms with van der Waals surface area (Å²) in [6.45, 7) is 3.62. The summed E-state index contributed by atoms with van der Waals surface area (Å²) >= 11 is 18.2. The van der Waals surface area contributed by atoms with E-state index in [4.69, 9.17) is 34.8 Å². The Kier molecular flexibility index (Phi) is 5.78. The molecule has 1 fully saturated rings. The molecule has 1 atom stereocenters. The Balaban J connectivity index is 2.10. The van der Waals surface area contributed by atoms with Crippen LogP contribution < -0.4 is 5.32 Å². The van der Waals surface area contributed by atoms with Crippen molar-refractivity contribution in [3.63, 3.8) is 0 Å². The maximum absolute atomic E-state index is 12.3. The highest BCUT2D eigenvalue weighted by Crippen LogP contribution is 2.33. The van der Waals surface area contributed by atoms with E-state index in [9.17, 15) is 4.79 Å². The average molecular weight is 350 g/mol. The number of rotatable bonds is 3.